The van der Waals surface area contributed by atoms with Crippen molar-refractivity contribution in [1.82, 2.24) is 20.4 Å². The molecular weight excluding hydrogens is 364 g/mol. The maximum absolute atomic E-state index is 5.66. The summed E-state index contributed by atoms with van der Waals surface area (Å²) in [6.45, 7) is 4.90. The van der Waals surface area contributed by atoms with Gasteiger partial charge < -0.3 is 14.7 Å². The minimum atomic E-state index is -0.122. The highest BCUT2D eigenvalue weighted by atomic mass is 32.1. The first-order valence-corrected chi connectivity index (χ1v) is 9.69. The summed E-state index contributed by atoms with van der Waals surface area (Å²) >= 11 is 7.16. The third kappa shape index (κ3) is 2.93. The zero-order valence-electron chi connectivity index (χ0n) is 14.5. The fourth-order valence-electron chi connectivity index (χ4n) is 3.17. The monoisotopic (exact) mass is 382 g/mol. The molecule has 1 aliphatic heterocycles. The van der Waals surface area contributed by atoms with E-state index in [4.69, 9.17) is 16.7 Å². The molecule has 0 fully saturated rings. The lowest BCUT2D eigenvalue weighted by atomic mass is 9.95. The summed E-state index contributed by atoms with van der Waals surface area (Å²) in [5, 5.41) is 10.3. The summed E-state index contributed by atoms with van der Waals surface area (Å²) in [6.07, 6.45) is 0. The zero-order chi connectivity index (χ0) is 18.1. The zero-order valence-corrected chi connectivity index (χ0v) is 16.1. The van der Waals surface area contributed by atoms with Crippen molar-refractivity contribution in [2.75, 3.05) is 6.54 Å². The molecule has 1 N–H and O–H groups in total. The lowest BCUT2D eigenvalue weighted by Crippen LogP contribution is -2.45. The Morgan fingerprint density at radius 1 is 1.23 bits per heavy atom. The molecule has 1 aromatic carbocycles. The molecule has 3 heterocycles. The van der Waals surface area contributed by atoms with Crippen LogP contribution in [0.5, 0.6) is 0 Å². The fraction of sp³-hybridized carbons (Fsp3) is 0.211. The molecule has 0 amide bonds. The van der Waals surface area contributed by atoms with Crippen molar-refractivity contribution in [2.45, 2.75) is 19.9 Å². The van der Waals surface area contributed by atoms with Crippen LogP contribution in [0.1, 0.15) is 31.3 Å². The van der Waals surface area contributed by atoms with E-state index in [-0.39, 0.29) is 6.04 Å². The molecule has 0 saturated carbocycles. The van der Waals surface area contributed by atoms with Gasteiger partial charge in [0, 0.05) is 12.2 Å². The smallest absolute Gasteiger partial charge is 0.258 e. The van der Waals surface area contributed by atoms with Gasteiger partial charge in [-0.2, -0.15) is 4.98 Å². The summed E-state index contributed by atoms with van der Waals surface area (Å²) in [5.41, 5.74) is 3.10. The van der Waals surface area contributed by atoms with Crippen molar-refractivity contribution in [3.8, 4) is 10.7 Å². The lowest BCUT2D eigenvalue weighted by Gasteiger charge is -2.36. The van der Waals surface area contributed by atoms with Crippen LogP contribution >= 0.6 is 23.6 Å². The Bertz CT molecular complexity index is 947. The highest BCUT2D eigenvalue weighted by Crippen LogP contribution is 2.37. The molecule has 26 heavy (non-hydrogen) atoms. The molecular formula is C19H18N4OS2. The van der Waals surface area contributed by atoms with E-state index in [0.29, 0.717) is 16.8 Å². The third-order valence-corrected chi connectivity index (χ3v) is 5.65. The normalized spacial score (nSPS) is 17.5. The van der Waals surface area contributed by atoms with Crippen molar-refractivity contribution < 1.29 is 4.52 Å². The minimum Gasteiger partial charge on any atom is -0.351 e. The number of benzene rings is 1. The number of thiophene rings is 1. The van der Waals surface area contributed by atoms with Crippen molar-refractivity contribution in [3.63, 3.8) is 0 Å². The van der Waals surface area contributed by atoms with Crippen LogP contribution in [0.3, 0.4) is 0 Å². The molecule has 1 atom stereocenters. The second-order valence-corrected chi connectivity index (χ2v) is 7.27. The fourth-order valence-corrected chi connectivity index (χ4v) is 4.21. The van der Waals surface area contributed by atoms with Gasteiger partial charge in [-0.05, 0) is 43.1 Å². The molecule has 2 aromatic heterocycles. The van der Waals surface area contributed by atoms with Crippen molar-refractivity contribution >= 4 is 34.2 Å². The minimum absolute atomic E-state index is 0.122. The second kappa shape index (κ2) is 7.01. The second-order valence-electron chi connectivity index (χ2n) is 5.94. The lowest BCUT2D eigenvalue weighted by molar-refractivity contribution is 0.398. The highest BCUT2D eigenvalue weighted by Gasteiger charge is 2.33. The van der Waals surface area contributed by atoms with E-state index in [1.807, 2.05) is 35.7 Å². The number of thiocarbonyl (C=S) groups is 1. The molecule has 132 valence electrons. The number of hydrogen-bond acceptors (Lipinski definition) is 5. The Hall–Kier alpha value is -2.51. The summed E-state index contributed by atoms with van der Waals surface area (Å²) in [6, 6.07) is 14.0. The van der Waals surface area contributed by atoms with Gasteiger partial charge >= 0.3 is 0 Å². The summed E-state index contributed by atoms with van der Waals surface area (Å²) in [7, 11) is 0. The van der Waals surface area contributed by atoms with Crippen LogP contribution in [0, 0.1) is 0 Å². The average molecular weight is 383 g/mol. The van der Waals surface area contributed by atoms with Gasteiger partial charge in [0.2, 0.25) is 5.82 Å². The molecule has 0 bridgehead atoms. The Kier molecular flexibility index (Phi) is 4.57. The predicted octanol–water partition coefficient (Wildman–Crippen LogP) is 4.48. The van der Waals surface area contributed by atoms with Gasteiger partial charge in [-0.25, -0.2) is 0 Å². The van der Waals surface area contributed by atoms with Crippen LogP contribution < -0.4 is 5.32 Å². The molecule has 4 rings (SSSR count). The van der Waals surface area contributed by atoms with Gasteiger partial charge in [-0.1, -0.05) is 41.6 Å². The van der Waals surface area contributed by atoms with Gasteiger partial charge in [-0.3, -0.25) is 0 Å². The Labute approximate surface area is 161 Å². The van der Waals surface area contributed by atoms with E-state index < -0.39 is 0 Å². The largest absolute Gasteiger partial charge is 0.351 e. The predicted molar refractivity (Wildman–Crippen MR) is 108 cm³/mol. The van der Waals surface area contributed by atoms with Gasteiger partial charge in [0.1, 0.15) is 0 Å². The number of allylic oxidation sites excluding steroid dienone is 1. The molecule has 0 aliphatic carbocycles. The average Bonchev–Trinajstić information content (AvgIpc) is 3.34. The topological polar surface area (TPSA) is 54.2 Å². The molecule has 3 aromatic rings. The molecule has 1 aliphatic rings. The molecule has 7 heteroatoms. The molecule has 5 nitrogen and oxygen atoms in total. The van der Waals surface area contributed by atoms with E-state index >= 15 is 0 Å². The van der Waals surface area contributed by atoms with Crippen molar-refractivity contribution in [2.24, 2.45) is 0 Å². The first-order chi connectivity index (χ1) is 12.7. The first kappa shape index (κ1) is 16.9. The van der Waals surface area contributed by atoms with Crippen LogP contribution in [-0.4, -0.2) is 26.7 Å². The van der Waals surface area contributed by atoms with E-state index in [1.54, 1.807) is 11.3 Å². The van der Waals surface area contributed by atoms with Crippen LogP contribution in [-0.2, 0) is 0 Å². The van der Waals surface area contributed by atoms with E-state index in [1.165, 1.54) is 0 Å². The molecule has 0 saturated heterocycles. The molecule has 0 radical (unpaired) electrons. The molecule has 0 spiro atoms. The van der Waals surface area contributed by atoms with E-state index in [9.17, 15) is 0 Å². The summed E-state index contributed by atoms with van der Waals surface area (Å²) in [5.74, 6) is 1.13. The standard InChI is InChI=1S/C19H18N4OS2/c1-3-23-12(2)15(16(20-19(23)25)13-8-5-4-6-9-13)18-21-17(22-24-18)14-10-7-11-26-14/h4-11,16H,3H2,1-2H3,(H,20,25). The number of aromatic nitrogens is 2. The van der Waals surface area contributed by atoms with Gasteiger partial charge in [0.05, 0.1) is 16.5 Å². The Morgan fingerprint density at radius 2 is 2.04 bits per heavy atom. The maximum atomic E-state index is 5.66. The first-order valence-electron chi connectivity index (χ1n) is 8.40. The Balaban J connectivity index is 1.83. The van der Waals surface area contributed by atoms with Crippen LogP contribution in [0.25, 0.3) is 16.3 Å². The number of nitrogens with one attached hydrogen (secondary N) is 1. The van der Waals surface area contributed by atoms with Crippen molar-refractivity contribution in [3.05, 3.63) is 65.0 Å². The summed E-state index contributed by atoms with van der Waals surface area (Å²) < 4.78 is 5.66. The van der Waals surface area contributed by atoms with E-state index in [0.717, 1.165) is 28.3 Å². The van der Waals surface area contributed by atoms with Crippen molar-refractivity contribution in [1.29, 1.82) is 0 Å². The maximum Gasteiger partial charge on any atom is 0.258 e. The van der Waals surface area contributed by atoms with Crippen LogP contribution in [0.4, 0.5) is 0 Å². The number of hydrogen-bond donors (Lipinski definition) is 1. The highest BCUT2D eigenvalue weighted by molar-refractivity contribution is 7.80. The third-order valence-electron chi connectivity index (χ3n) is 4.44. The SMILES string of the molecule is CCN1C(=S)NC(c2ccccc2)C(c2nc(-c3cccs3)no2)=C1C. The van der Waals surface area contributed by atoms with Gasteiger partial charge in [0.25, 0.3) is 5.89 Å². The van der Waals surface area contributed by atoms with Crippen LogP contribution in [0.2, 0.25) is 0 Å². The quantitative estimate of drug-likeness (QED) is 0.672. The van der Waals surface area contributed by atoms with Gasteiger partial charge in [0.15, 0.2) is 5.11 Å². The number of rotatable bonds is 4. The van der Waals surface area contributed by atoms with Gasteiger partial charge in [-0.15, -0.1) is 11.3 Å². The number of nitrogens with zero attached hydrogens (tertiary/aromatic N) is 3. The summed E-state index contributed by atoms with van der Waals surface area (Å²) in [4.78, 5) is 7.70. The van der Waals surface area contributed by atoms with Crippen LogP contribution in [0.15, 0.2) is 58.1 Å². The van der Waals surface area contributed by atoms with E-state index in [2.05, 4.69) is 46.3 Å². The Morgan fingerprint density at radius 3 is 2.73 bits per heavy atom. The molecule has 1 unspecified atom stereocenters.